The maximum atomic E-state index is 12.9. The number of hydrogen-bond donors (Lipinski definition) is 2. The molecule has 29 heavy (non-hydrogen) atoms. The lowest BCUT2D eigenvalue weighted by molar-refractivity contribution is -0.137. The number of aliphatic carboxylic acids is 1. The van der Waals surface area contributed by atoms with E-state index in [0.29, 0.717) is 43.9 Å². The van der Waals surface area contributed by atoms with Crippen molar-refractivity contribution < 1.29 is 24.2 Å². The van der Waals surface area contributed by atoms with Crippen molar-refractivity contribution in [1.82, 2.24) is 10.2 Å². The van der Waals surface area contributed by atoms with Gasteiger partial charge in [-0.1, -0.05) is 42.5 Å². The number of nitrogens with one attached hydrogen (secondary N) is 1. The van der Waals surface area contributed by atoms with Gasteiger partial charge in [0.05, 0.1) is 6.54 Å². The summed E-state index contributed by atoms with van der Waals surface area (Å²) in [5, 5.41) is 12.0. The highest BCUT2D eigenvalue weighted by molar-refractivity contribution is 5.75. The monoisotopic (exact) mass is 396 g/mol. The number of rotatable bonds is 6. The molecule has 1 spiro atoms. The molecule has 152 valence electrons. The van der Waals surface area contributed by atoms with Gasteiger partial charge in [-0.05, 0) is 30.5 Å². The van der Waals surface area contributed by atoms with Crippen molar-refractivity contribution in [2.24, 2.45) is 0 Å². The largest absolute Gasteiger partial charge is 0.481 e. The van der Waals surface area contributed by atoms with E-state index in [1.807, 2.05) is 54.6 Å². The van der Waals surface area contributed by atoms with Crippen molar-refractivity contribution >= 4 is 12.0 Å². The minimum absolute atomic E-state index is 0.00322. The van der Waals surface area contributed by atoms with Gasteiger partial charge in [0.25, 0.3) is 5.79 Å². The molecule has 7 nitrogen and oxygen atoms in total. The van der Waals surface area contributed by atoms with Gasteiger partial charge in [0.2, 0.25) is 0 Å². The summed E-state index contributed by atoms with van der Waals surface area (Å²) in [7, 11) is 0. The number of urea groups is 1. The maximum absolute atomic E-state index is 12.9. The molecule has 2 aromatic carbocycles. The van der Waals surface area contributed by atoms with Crippen molar-refractivity contribution in [3.05, 3.63) is 60.2 Å². The van der Waals surface area contributed by atoms with Gasteiger partial charge in [-0.2, -0.15) is 0 Å². The van der Waals surface area contributed by atoms with Gasteiger partial charge in [0, 0.05) is 25.4 Å². The van der Waals surface area contributed by atoms with Crippen LogP contribution in [0.5, 0.6) is 11.5 Å². The quantitative estimate of drug-likeness (QED) is 0.784. The van der Waals surface area contributed by atoms with Crippen LogP contribution >= 0.6 is 0 Å². The Morgan fingerprint density at radius 3 is 2.38 bits per heavy atom. The summed E-state index contributed by atoms with van der Waals surface area (Å²) < 4.78 is 12.0. The number of hydrogen-bond acceptors (Lipinski definition) is 4. The molecule has 1 fully saturated rings. The van der Waals surface area contributed by atoms with Crippen LogP contribution in [0.1, 0.15) is 24.8 Å². The first-order valence-electron chi connectivity index (χ1n) is 9.81. The molecule has 0 saturated carbocycles. The number of amides is 2. The minimum atomic E-state index is -0.872. The van der Waals surface area contributed by atoms with E-state index >= 15 is 0 Å². The van der Waals surface area contributed by atoms with Crippen molar-refractivity contribution in [3.63, 3.8) is 0 Å². The van der Waals surface area contributed by atoms with Crippen molar-refractivity contribution in [2.75, 3.05) is 13.1 Å². The SMILES string of the molecule is O=C(O)CCC(Cc1ccccc1)NC(=O)N1CCC2(C1)Oc1ccccc1O2. The van der Waals surface area contributed by atoms with Crippen molar-refractivity contribution in [2.45, 2.75) is 37.5 Å². The molecule has 2 N–H and O–H groups in total. The summed E-state index contributed by atoms with van der Waals surface area (Å²) in [6.45, 7) is 0.835. The predicted octanol–water partition coefficient (Wildman–Crippen LogP) is 3.05. The zero-order valence-electron chi connectivity index (χ0n) is 16.0. The molecule has 2 amide bonds. The zero-order chi connectivity index (χ0) is 20.3. The van der Waals surface area contributed by atoms with E-state index in [1.54, 1.807) is 4.90 Å². The first-order chi connectivity index (χ1) is 14.0. The van der Waals surface area contributed by atoms with Gasteiger partial charge in [-0.25, -0.2) is 4.79 Å². The smallest absolute Gasteiger partial charge is 0.317 e. The van der Waals surface area contributed by atoms with Crippen molar-refractivity contribution in [3.8, 4) is 11.5 Å². The molecule has 0 bridgehead atoms. The third kappa shape index (κ3) is 4.45. The number of likely N-dealkylation sites (tertiary alicyclic amines) is 1. The second kappa shape index (κ2) is 8.03. The predicted molar refractivity (Wildman–Crippen MR) is 106 cm³/mol. The molecular formula is C22H24N2O5. The molecule has 7 heteroatoms. The van der Waals surface area contributed by atoms with E-state index < -0.39 is 11.8 Å². The molecule has 2 aliphatic heterocycles. The van der Waals surface area contributed by atoms with E-state index in [4.69, 9.17) is 14.6 Å². The van der Waals surface area contributed by atoms with E-state index in [2.05, 4.69) is 5.32 Å². The highest BCUT2D eigenvalue weighted by atomic mass is 16.7. The van der Waals surface area contributed by atoms with Crippen LogP contribution in [-0.2, 0) is 11.2 Å². The Balaban J connectivity index is 1.38. The maximum Gasteiger partial charge on any atom is 0.317 e. The number of benzene rings is 2. The summed E-state index contributed by atoms with van der Waals surface area (Å²) in [5.41, 5.74) is 1.05. The molecule has 2 aromatic rings. The summed E-state index contributed by atoms with van der Waals surface area (Å²) in [5.74, 6) is -0.323. The third-order valence-electron chi connectivity index (χ3n) is 5.28. The Morgan fingerprint density at radius 2 is 1.72 bits per heavy atom. The first-order valence-corrected chi connectivity index (χ1v) is 9.81. The normalized spacial score (nSPS) is 17.3. The van der Waals surface area contributed by atoms with E-state index in [-0.39, 0.29) is 18.5 Å². The molecule has 1 saturated heterocycles. The van der Waals surface area contributed by atoms with E-state index in [9.17, 15) is 9.59 Å². The highest BCUT2D eigenvalue weighted by Crippen LogP contribution is 2.42. The van der Waals surface area contributed by atoms with Gasteiger partial charge in [0.15, 0.2) is 11.5 Å². The number of nitrogens with zero attached hydrogens (tertiary/aromatic N) is 1. The topological polar surface area (TPSA) is 88.1 Å². The van der Waals surface area contributed by atoms with Crippen LogP contribution < -0.4 is 14.8 Å². The Morgan fingerprint density at radius 1 is 1.07 bits per heavy atom. The summed E-state index contributed by atoms with van der Waals surface area (Å²) in [6.07, 6.45) is 1.53. The number of para-hydroxylation sites is 2. The molecule has 0 aromatic heterocycles. The first kappa shape index (κ1) is 19.1. The summed E-state index contributed by atoms with van der Waals surface area (Å²) >= 11 is 0. The number of carboxylic acids is 1. The highest BCUT2D eigenvalue weighted by Gasteiger charge is 2.48. The third-order valence-corrected chi connectivity index (χ3v) is 5.28. The van der Waals surface area contributed by atoms with Gasteiger partial charge in [-0.15, -0.1) is 0 Å². The fourth-order valence-corrected chi connectivity index (χ4v) is 3.82. The average Bonchev–Trinajstić information content (AvgIpc) is 3.29. The molecule has 2 aliphatic rings. The number of carboxylic acid groups (broad SMARTS) is 1. The lowest BCUT2D eigenvalue weighted by atomic mass is 10.0. The fraction of sp³-hybridized carbons (Fsp3) is 0.364. The Kier molecular flexibility index (Phi) is 5.29. The summed E-state index contributed by atoms with van der Waals surface area (Å²) in [6, 6.07) is 16.7. The van der Waals surface area contributed by atoms with Crippen LogP contribution in [0.3, 0.4) is 0 Å². The lowest BCUT2D eigenvalue weighted by Crippen LogP contribution is -2.48. The van der Waals surface area contributed by atoms with Crippen LogP contribution in [0, 0.1) is 0 Å². The van der Waals surface area contributed by atoms with Gasteiger partial charge in [-0.3, -0.25) is 4.79 Å². The molecule has 2 heterocycles. The average molecular weight is 396 g/mol. The van der Waals surface area contributed by atoms with Gasteiger partial charge in [0.1, 0.15) is 0 Å². The second-order valence-electron chi connectivity index (χ2n) is 7.50. The number of carbonyl (C=O) groups excluding carboxylic acids is 1. The van der Waals surface area contributed by atoms with E-state index in [1.165, 1.54) is 0 Å². The fourth-order valence-electron chi connectivity index (χ4n) is 3.82. The molecule has 0 aliphatic carbocycles. The number of carbonyl (C=O) groups is 2. The van der Waals surface area contributed by atoms with Crippen molar-refractivity contribution in [1.29, 1.82) is 0 Å². The van der Waals surface area contributed by atoms with Crippen LogP contribution in [0.25, 0.3) is 0 Å². The molecule has 1 unspecified atom stereocenters. The Labute approximate surface area is 169 Å². The van der Waals surface area contributed by atoms with E-state index in [0.717, 1.165) is 5.56 Å². The zero-order valence-corrected chi connectivity index (χ0v) is 16.0. The standard InChI is InChI=1S/C22H24N2O5/c25-20(26)11-10-17(14-16-6-2-1-3-7-16)23-21(27)24-13-12-22(15-24)28-18-8-4-5-9-19(18)29-22/h1-9,17H,10-15H2,(H,23,27)(H,25,26). The van der Waals surface area contributed by atoms with Gasteiger partial charge >= 0.3 is 12.0 Å². The molecule has 4 rings (SSSR count). The number of ether oxygens (including phenoxy) is 2. The van der Waals surface area contributed by atoms with Gasteiger partial charge < -0.3 is 24.8 Å². The molecule has 0 radical (unpaired) electrons. The van der Waals surface area contributed by atoms with Crippen LogP contribution in [0.2, 0.25) is 0 Å². The van der Waals surface area contributed by atoms with Crippen LogP contribution in [0.15, 0.2) is 54.6 Å². The second-order valence-corrected chi connectivity index (χ2v) is 7.50. The molecule has 1 atom stereocenters. The lowest BCUT2D eigenvalue weighted by Gasteiger charge is -2.25. The Bertz CT molecular complexity index is 861. The summed E-state index contributed by atoms with van der Waals surface area (Å²) in [4.78, 5) is 25.6. The van der Waals surface area contributed by atoms with Crippen LogP contribution in [0.4, 0.5) is 4.79 Å². The minimum Gasteiger partial charge on any atom is -0.481 e. The number of fused-ring (bicyclic) bond motifs is 1. The van der Waals surface area contributed by atoms with Crippen LogP contribution in [-0.4, -0.2) is 46.9 Å². The molecular weight excluding hydrogens is 372 g/mol. The Hall–Kier alpha value is -3.22.